The van der Waals surface area contributed by atoms with Crippen LogP contribution in [0.3, 0.4) is 0 Å². The van der Waals surface area contributed by atoms with Gasteiger partial charge in [-0.05, 0) is 18.6 Å². The van der Waals surface area contributed by atoms with Gasteiger partial charge in [-0.15, -0.1) is 0 Å². The number of benzene rings is 1. The first-order chi connectivity index (χ1) is 8.75. The van der Waals surface area contributed by atoms with Gasteiger partial charge in [0.25, 0.3) is 5.91 Å². The number of rotatable bonds is 1. The van der Waals surface area contributed by atoms with Crippen molar-refractivity contribution in [1.82, 2.24) is 9.88 Å². The summed E-state index contributed by atoms with van der Waals surface area (Å²) in [5.41, 5.74) is 7.42. The summed E-state index contributed by atoms with van der Waals surface area (Å²) in [5.74, 6) is 0.0570. The Kier molecular flexibility index (Phi) is 2.72. The number of amides is 1. The molecule has 1 aromatic heterocycles. The standard InChI is InChI=1S/C14H15N3O/c15-10-6-8-17(9-10)14(18)12-5-7-16-13-4-2-1-3-11(12)13/h1-5,7,10H,6,8-9,15H2/t10-/m0/s1. The Morgan fingerprint density at radius 3 is 2.94 bits per heavy atom. The largest absolute Gasteiger partial charge is 0.337 e. The highest BCUT2D eigenvalue weighted by atomic mass is 16.2. The van der Waals surface area contributed by atoms with E-state index in [4.69, 9.17) is 5.73 Å². The summed E-state index contributed by atoms with van der Waals surface area (Å²) in [7, 11) is 0. The van der Waals surface area contributed by atoms with Crippen LogP contribution in [0.4, 0.5) is 0 Å². The SMILES string of the molecule is N[C@H]1CCN(C(=O)c2ccnc3ccccc23)C1. The summed E-state index contributed by atoms with van der Waals surface area (Å²) in [6.07, 6.45) is 2.57. The predicted octanol–water partition coefficient (Wildman–Crippen LogP) is 1.41. The predicted molar refractivity (Wildman–Crippen MR) is 70.2 cm³/mol. The van der Waals surface area contributed by atoms with Crippen molar-refractivity contribution >= 4 is 16.8 Å². The summed E-state index contributed by atoms with van der Waals surface area (Å²) in [6.45, 7) is 1.39. The number of aromatic nitrogens is 1. The molecule has 1 fully saturated rings. The van der Waals surface area contributed by atoms with Gasteiger partial charge in [-0.1, -0.05) is 18.2 Å². The van der Waals surface area contributed by atoms with Crippen molar-refractivity contribution in [2.75, 3.05) is 13.1 Å². The third-order valence-corrected chi connectivity index (χ3v) is 3.39. The van der Waals surface area contributed by atoms with Crippen LogP contribution in [-0.4, -0.2) is 34.9 Å². The lowest BCUT2D eigenvalue weighted by atomic mass is 10.1. The van der Waals surface area contributed by atoms with E-state index in [0.29, 0.717) is 6.54 Å². The molecule has 18 heavy (non-hydrogen) atoms. The maximum absolute atomic E-state index is 12.4. The minimum absolute atomic E-state index is 0.0570. The zero-order valence-electron chi connectivity index (χ0n) is 10.0. The summed E-state index contributed by atoms with van der Waals surface area (Å²) in [5, 5.41) is 0.908. The van der Waals surface area contributed by atoms with Crippen LogP contribution >= 0.6 is 0 Å². The molecule has 3 rings (SSSR count). The molecule has 0 bridgehead atoms. The van der Waals surface area contributed by atoms with E-state index in [0.717, 1.165) is 29.4 Å². The molecular formula is C14H15N3O. The molecule has 0 saturated carbocycles. The van der Waals surface area contributed by atoms with E-state index < -0.39 is 0 Å². The minimum atomic E-state index is 0.0570. The molecule has 2 aromatic rings. The number of carbonyl (C=O) groups is 1. The molecule has 1 aliphatic heterocycles. The Morgan fingerprint density at radius 2 is 2.17 bits per heavy atom. The van der Waals surface area contributed by atoms with Gasteiger partial charge < -0.3 is 10.6 Å². The van der Waals surface area contributed by atoms with Gasteiger partial charge in [0.2, 0.25) is 0 Å². The summed E-state index contributed by atoms with van der Waals surface area (Å²) in [4.78, 5) is 18.5. The highest BCUT2D eigenvalue weighted by Crippen LogP contribution is 2.19. The Bertz CT molecular complexity index is 591. The van der Waals surface area contributed by atoms with Crippen molar-refractivity contribution in [2.24, 2.45) is 5.73 Å². The van der Waals surface area contributed by atoms with Crippen molar-refractivity contribution in [3.05, 3.63) is 42.1 Å². The summed E-state index contributed by atoms with van der Waals surface area (Å²) >= 11 is 0. The maximum Gasteiger partial charge on any atom is 0.254 e. The fraction of sp³-hybridized carbons (Fsp3) is 0.286. The minimum Gasteiger partial charge on any atom is -0.337 e. The number of likely N-dealkylation sites (tertiary alicyclic amines) is 1. The molecule has 0 spiro atoms. The van der Waals surface area contributed by atoms with E-state index in [9.17, 15) is 4.79 Å². The lowest BCUT2D eigenvalue weighted by Gasteiger charge is -2.16. The number of pyridine rings is 1. The van der Waals surface area contributed by atoms with E-state index in [1.807, 2.05) is 29.2 Å². The number of nitrogens with zero attached hydrogens (tertiary/aromatic N) is 2. The first-order valence-corrected chi connectivity index (χ1v) is 6.14. The number of nitrogens with two attached hydrogens (primary N) is 1. The van der Waals surface area contributed by atoms with Gasteiger partial charge in [-0.25, -0.2) is 0 Å². The molecule has 1 aliphatic rings. The second-order valence-electron chi connectivity index (χ2n) is 4.68. The van der Waals surface area contributed by atoms with Crippen molar-refractivity contribution < 1.29 is 4.79 Å². The second-order valence-corrected chi connectivity index (χ2v) is 4.68. The average Bonchev–Trinajstić information content (AvgIpc) is 2.84. The van der Waals surface area contributed by atoms with Gasteiger partial charge in [0, 0.05) is 30.7 Å². The van der Waals surface area contributed by atoms with Crippen LogP contribution in [-0.2, 0) is 0 Å². The monoisotopic (exact) mass is 241 g/mol. The number of carbonyl (C=O) groups excluding carboxylic acids is 1. The Balaban J connectivity index is 2.01. The zero-order valence-corrected chi connectivity index (χ0v) is 10.0. The molecule has 4 nitrogen and oxygen atoms in total. The maximum atomic E-state index is 12.4. The van der Waals surface area contributed by atoms with E-state index in [1.54, 1.807) is 12.3 Å². The third kappa shape index (κ3) is 1.84. The molecule has 2 N–H and O–H groups in total. The lowest BCUT2D eigenvalue weighted by molar-refractivity contribution is 0.0793. The van der Waals surface area contributed by atoms with Gasteiger partial charge in [0.1, 0.15) is 0 Å². The molecular weight excluding hydrogens is 226 g/mol. The number of para-hydroxylation sites is 1. The normalized spacial score (nSPS) is 19.4. The molecule has 0 radical (unpaired) electrons. The van der Waals surface area contributed by atoms with Crippen molar-refractivity contribution in [1.29, 1.82) is 0 Å². The van der Waals surface area contributed by atoms with Gasteiger partial charge in [-0.3, -0.25) is 9.78 Å². The summed E-state index contributed by atoms with van der Waals surface area (Å²) in [6, 6.07) is 9.61. The average molecular weight is 241 g/mol. The Morgan fingerprint density at radius 1 is 1.33 bits per heavy atom. The molecule has 4 heteroatoms. The second kappa shape index (κ2) is 4.38. The van der Waals surface area contributed by atoms with Gasteiger partial charge in [-0.2, -0.15) is 0 Å². The van der Waals surface area contributed by atoms with Crippen LogP contribution in [0.5, 0.6) is 0 Å². The van der Waals surface area contributed by atoms with Gasteiger partial charge in [0.15, 0.2) is 0 Å². The summed E-state index contributed by atoms with van der Waals surface area (Å²) < 4.78 is 0. The van der Waals surface area contributed by atoms with E-state index in [1.165, 1.54) is 0 Å². The number of hydrogen-bond acceptors (Lipinski definition) is 3. The van der Waals surface area contributed by atoms with Crippen molar-refractivity contribution in [3.63, 3.8) is 0 Å². The highest BCUT2D eigenvalue weighted by Gasteiger charge is 2.25. The van der Waals surface area contributed by atoms with Crippen LogP contribution in [0, 0.1) is 0 Å². The van der Waals surface area contributed by atoms with E-state index >= 15 is 0 Å². The zero-order chi connectivity index (χ0) is 12.5. The van der Waals surface area contributed by atoms with E-state index in [-0.39, 0.29) is 11.9 Å². The van der Waals surface area contributed by atoms with Crippen LogP contribution in [0.25, 0.3) is 10.9 Å². The number of fused-ring (bicyclic) bond motifs is 1. The van der Waals surface area contributed by atoms with Gasteiger partial charge >= 0.3 is 0 Å². The molecule has 0 aliphatic carbocycles. The smallest absolute Gasteiger partial charge is 0.254 e. The van der Waals surface area contributed by atoms with Crippen LogP contribution < -0.4 is 5.73 Å². The molecule has 1 amide bonds. The lowest BCUT2D eigenvalue weighted by Crippen LogP contribution is -2.32. The number of hydrogen-bond donors (Lipinski definition) is 1. The third-order valence-electron chi connectivity index (χ3n) is 3.39. The molecule has 1 atom stereocenters. The molecule has 92 valence electrons. The van der Waals surface area contributed by atoms with Crippen molar-refractivity contribution in [2.45, 2.75) is 12.5 Å². The molecule has 1 saturated heterocycles. The molecule has 1 aromatic carbocycles. The van der Waals surface area contributed by atoms with Crippen molar-refractivity contribution in [3.8, 4) is 0 Å². The first-order valence-electron chi connectivity index (χ1n) is 6.14. The first kappa shape index (κ1) is 11.2. The van der Waals surface area contributed by atoms with Gasteiger partial charge in [0.05, 0.1) is 11.1 Å². The quantitative estimate of drug-likeness (QED) is 0.821. The fourth-order valence-electron chi connectivity index (χ4n) is 2.42. The van der Waals surface area contributed by atoms with E-state index in [2.05, 4.69) is 4.98 Å². The fourth-order valence-corrected chi connectivity index (χ4v) is 2.42. The van der Waals surface area contributed by atoms with Crippen LogP contribution in [0.15, 0.2) is 36.5 Å². The highest BCUT2D eigenvalue weighted by molar-refractivity contribution is 6.06. The molecule has 2 heterocycles. The van der Waals surface area contributed by atoms with Crippen LogP contribution in [0.1, 0.15) is 16.8 Å². The Hall–Kier alpha value is -1.94. The topological polar surface area (TPSA) is 59.2 Å². The molecule has 0 unspecified atom stereocenters. The Labute approximate surface area is 105 Å². The van der Waals surface area contributed by atoms with Crippen LogP contribution in [0.2, 0.25) is 0 Å².